The van der Waals surface area contributed by atoms with Gasteiger partial charge in [0.25, 0.3) is 0 Å². The maximum absolute atomic E-state index is 11.6. The lowest BCUT2D eigenvalue weighted by atomic mass is 10.3. The summed E-state index contributed by atoms with van der Waals surface area (Å²) in [5, 5.41) is 5.25. The molecule has 18 heavy (non-hydrogen) atoms. The highest BCUT2D eigenvalue weighted by Crippen LogP contribution is 2.15. The minimum atomic E-state index is -0.541. The molecule has 0 aliphatic heterocycles. The van der Waals surface area contributed by atoms with E-state index in [1.807, 2.05) is 35.7 Å². The van der Waals surface area contributed by atoms with Crippen molar-refractivity contribution in [2.75, 3.05) is 5.32 Å². The second-order valence-electron chi connectivity index (χ2n) is 3.54. The molecule has 0 saturated heterocycles. The van der Waals surface area contributed by atoms with Crippen molar-refractivity contribution in [3.8, 4) is 0 Å². The molecule has 1 N–H and O–H groups in total. The van der Waals surface area contributed by atoms with Gasteiger partial charge in [0.1, 0.15) is 11.8 Å². The van der Waals surface area contributed by atoms with E-state index in [0.29, 0.717) is 0 Å². The Morgan fingerprint density at radius 3 is 3.00 bits per heavy atom. The number of aromatic nitrogens is 2. The Bertz CT molecular complexity index is 676. The molecule has 0 radical (unpaired) electrons. The number of benzene rings is 1. The highest BCUT2D eigenvalue weighted by molar-refractivity contribution is 7.14. The molecule has 0 aliphatic rings. The minimum Gasteiger partial charge on any atom is -0.315 e. The summed E-state index contributed by atoms with van der Waals surface area (Å²) in [7, 11) is 0. The fourth-order valence-electron chi connectivity index (χ4n) is 1.57. The van der Waals surface area contributed by atoms with E-state index in [9.17, 15) is 4.79 Å². The second-order valence-corrected chi connectivity index (χ2v) is 4.49. The van der Waals surface area contributed by atoms with Crippen molar-refractivity contribution < 1.29 is 9.63 Å². The molecule has 0 saturated carbocycles. The number of hydrogen-bond acceptors (Lipinski definition) is 4. The topological polar surface area (TPSA) is 56.1 Å². The Balaban J connectivity index is 1.78. The molecule has 1 aromatic carbocycles. The Morgan fingerprint density at radius 2 is 2.17 bits per heavy atom. The third-order valence-corrected chi connectivity index (χ3v) is 3.13. The Labute approximate surface area is 107 Å². The monoisotopic (exact) mass is 259 g/mol. The summed E-state index contributed by atoms with van der Waals surface area (Å²) in [4.78, 5) is 20.9. The summed E-state index contributed by atoms with van der Waals surface area (Å²) >= 11 is 1.43. The van der Waals surface area contributed by atoms with Gasteiger partial charge < -0.3 is 4.84 Å². The third kappa shape index (κ3) is 2.05. The van der Waals surface area contributed by atoms with Crippen LogP contribution in [-0.2, 0) is 0 Å². The van der Waals surface area contributed by atoms with E-state index >= 15 is 0 Å². The molecule has 5 nitrogen and oxygen atoms in total. The van der Waals surface area contributed by atoms with Gasteiger partial charge in [0.05, 0.1) is 10.5 Å². The molecule has 3 aromatic rings. The summed E-state index contributed by atoms with van der Waals surface area (Å²) in [5.74, 6) is 0. The molecular weight excluding hydrogens is 250 g/mol. The largest absolute Gasteiger partial charge is 0.437 e. The minimum absolute atomic E-state index is 0.541. The van der Waals surface area contributed by atoms with Crippen LogP contribution in [0.25, 0.3) is 11.0 Å². The normalized spacial score (nSPS) is 10.4. The number of imidazole rings is 1. The molecule has 0 spiro atoms. The maximum Gasteiger partial charge on any atom is 0.437 e. The van der Waals surface area contributed by atoms with E-state index in [1.54, 1.807) is 6.07 Å². The first-order valence-electron chi connectivity index (χ1n) is 5.28. The van der Waals surface area contributed by atoms with Crippen molar-refractivity contribution in [3.05, 3.63) is 48.1 Å². The van der Waals surface area contributed by atoms with Crippen LogP contribution in [0.3, 0.4) is 0 Å². The molecule has 2 heterocycles. The highest BCUT2D eigenvalue weighted by atomic mass is 32.1. The van der Waals surface area contributed by atoms with Gasteiger partial charge >= 0.3 is 6.09 Å². The molecule has 0 bridgehead atoms. The van der Waals surface area contributed by atoms with Gasteiger partial charge in [-0.05, 0) is 29.6 Å². The van der Waals surface area contributed by atoms with Crippen LogP contribution in [0.4, 0.5) is 9.80 Å². The van der Waals surface area contributed by atoms with Crippen LogP contribution in [0.2, 0.25) is 0 Å². The van der Waals surface area contributed by atoms with Crippen LogP contribution in [0, 0.1) is 0 Å². The summed E-state index contributed by atoms with van der Waals surface area (Å²) < 4.78 is 1.35. The van der Waals surface area contributed by atoms with Crippen molar-refractivity contribution in [2.45, 2.75) is 0 Å². The highest BCUT2D eigenvalue weighted by Gasteiger charge is 2.08. The Morgan fingerprint density at radius 1 is 1.28 bits per heavy atom. The van der Waals surface area contributed by atoms with E-state index in [-0.39, 0.29) is 0 Å². The first-order valence-corrected chi connectivity index (χ1v) is 6.16. The van der Waals surface area contributed by atoms with Crippen molar-refractivity contribution in [2.24, 2.45) is 0 Å². The fourth-order valence-corrected chi connectivity index (χ4v) is 2.17. The average Bonchev–Trinajstić information content (AvgIpc) is 3.00. The zero-order chi connectivity index (χ0) is 12.4. The SMILES string of the molecule is O=C(Nc1cccs1)On1cnc2ccccc21. The van der Waals surface area contributed by atoms with E-state index in [0.717, 1.165) is 16.0 Å². The number of nitrogens with one attached hydrogen (secondary N) is 1. The van der Waals surface area contributed by atoms with Crippen molar-refractivity contribution in [1.82, 2.24) is 9.71 Å². The van der Waals surface area contributed by atoms with Crippen LogP contribution in [0.15, 0.2) is 48.1 Å². The standard InChI is InChI=1S/C12H9N3O2S/c16-12(14-11-6-3-7-18-11)17-15-8-13-9-4-1-2-5-10(9)15/h1-8H,(H,14,16). The molecular formula is C12H9N3O2S. The second kappa shape index (κ2) is 4.50. The van der Waals surface area contributed by atoms with Crippen LogP contribution in [-0.4, -0.2) is 15.8 Å². The molecule has 0 atom stereocenters. The number of nitrogens with zero attached hydrogens (tertiary/aromatic N) is 2. The van der Waals surface area contributed by atoms with Crippen LogP contribution >= 0.6 is 11.3 Å². The van der Waals surface area contributed by atoms with Gasteiger partial charge in [0.15, 0.2) is 0 Å². The average molecular weight is 259 g/mol. The van der Waals surface area contributed by atoms with Gasteiger partial charge in [-0.15, -0.1) is 11.3 Å². The first-order chi connectivity index (χ1) is 8.83. The molecule has 90 valence electrons. The van der Waals surface area contributed by atoms with Gasteiger partial charge in [-0.3, -0.25) is 5.32 Å². The number of rotatable bonds is 2. The predicted octanol–water partition coefficient (Wildman–Crippen LogP) is 2.76. The third-order valence-electron chi connectivity index (χ3n) is 2.35. The molecule has 0 unspecified atom stereocenters. The molecule has 1 amide bonds. The van der Waals surface area contributed by atoms with E-state index in [4.69, 9.17) is 4.84 Å². The van der Waals surface area contributed by atoms with Crippen molar-refractivity contribution in [3.63, 3.8) is 0 Å². The summed E-state index contributed by atoms with van der Waals surface area (Å²) in [6.07, 6.45) is 0.930. The van der Waals surface area contributed by atoms with E-state index in [2.05, 4.69) is 10.3 Å². The quantitative estimate of drug-likeness (QED) is 0.770. The summed E-state index contributed by atoms with van der Waals surface area (Å²) in [5.41, 5.74) is 1.53. The van der Waals surface area contributed by atoms with Gasteiger partial charge in [-0.1, -0.05) is 12.1 Å². The van der Waals surface area contributed by atoms with E-state index in [1.165, 1.54) is 22.4 Å². The van der Waals surface area contributed by atoms with Crippen LogP contribution in [0.1, 0.15) is 0 Å². The molecule has 3 rings (SSSR count). The zero-order valence-corrected chi connectivity index (χ0v) is 10.1. The number of hydrogen-bond donors (Lipinski definition) is 1. The number of carbonyl (C=O) groups excluding carboxylic acids is 1. The van der Waals surface area contributed by atoms with E-state index < -0.39 is 6.09 Å². The fraction of sp³-hybridized carbons (Fsp3) is 0. The number of amides is 1. The van der Waals surface area contributed by atoms with Gasteiger partial charge in [-0.2, -0.15) is 4.73 Å². The summed E-state index contributed by atoms with van der Waals surface area (Å²) in [6.45, 7) is 0. The maximum atomic E-state index is 11.6. The van der Waals surface area contributed by atoms with Crippen molar-refractivity contribution in [1.29, 1.82) is 0 Å². The number of fused-ring (bicyclic) bond motifs is 1. The number of carbonyl (C=O) groups is 1. The predicted molar refractivity (Wildman–Crippen MR) is 69.7 cm³/mol. The van der Waals surface area contributed by atoms with Crippen LogP contribution < -0.4 is 10.2 Å². The van der Waals surface area contributed by atoms with Crippen LogP contribution in [0.5, 0.6) is 0 Å². The first kappa shape index (κ1) is 10.8. The van der Waals surface area contributed by atoms with Gasteiger partial charge in [0.2, 0.25) is 0 Å². The Kier molecular flexibility index (Phi) is 2.70. The lowest BCUT2D eigenvalue weighted by molar-refractivity contribution is 0.153. The lowest BCUT2D eigenvalue weighted by Gasteiger charge is -2.05. The smallest absolute Gasteiger partial charge is 0.315 e. The molecule has 6 heteroatoms. The Hall–Kier alpha value is -2.34. The molecule has 2 aromatic heterocycles. The molecule has 0 fully saturated rings. The molecule has 0 aliphatic carbocycles. The number of para-hydroxylation sites is 2. The van der Waals surface area contributed by atoms with Crippen molar-refractivity contribution >= 4 is 33.5 Å². The summed E-state index contributed by atoms with van der Waals surface area (Å²) in [6, 6.07) is 11.1. The zero-order valence-electron chi connectivity index (χ0n) is 9.24. The number of thiophene rings is 1. The van der Waals surface area contributed by atoms with Gasteiger partial charge in [0, 0.05) is 0 Å². The number of anilines is 1. The van der Waals surface area contributed by atoms with Gasteiger partial charge in [-0.25, -0.2) is 9.78 Å². The lowest BCUT2D eigenvalue weighted by Crippen LogP contribution is -2.24.